The second-order valence-electron chi connectivity index (χ2n) is 10.9. The van der Waals surface area contributed by atoms with Crippen LogP contribution in [0.5, 0.6) is 5.75 Å². The zero-order chi connectivity index (χ0) is 31.6. The number of phenols is 1. The predicted molar refractivity (Wildman–Crippen MR) is 159 cm³/mol. The minimum absolute atomic E-state index is 0.138. The molecule has 4 aromatic rings. The lowest BCUT2D eigenvalue weighted by Gasteiger charge is -2.52. The molecule has 0 radical (unpaired) electrons. The van der Waals surface area contributed by atoms with E-state index in [0.717, 1.165) is 34.2 Å². The molecule has 45 heavy (non-hydrogen) atoms. The first-order valence-corrected chi connectivity index (χ1v) is 13.8. The molecule has 0 saturated carbocycles. The van der Waals surface area contributed by atoms with Gasteiger partial charge in [-0.2, -0.15) is 5.10 Å². The van der Waals surface area contributed by atoms with Crippen LogP contribution in [-0.4, -0.2) is 38.9 Å². The van der Waals surface area contributed by atoms with Gasteiger partial charge >= 0.3 is 0 Å². The molecule has 0 spiro atoms. The summed E-state index contributed by atoms with van der Waals surface area (Å²) < 4.78 is 0. The molecule has 1 aliphatic heterocycles. The first kappa shape index (κ1) is 27.6. The SMILES string of the molecule is O=C(N/N=C\C12c3ccccc3C(c3ccccc31)[C@H]1C(=O)N(c3ccccc3[N+](=O)[O-])C(=O)[C@@H]12)c1cc([N+](=O)[O-])ccc1O. The number of nitro benzene ring substituents is 2. The molecule has 13 heteroatoms. The summed E-state index contributed by atoms with van der Waals surface area (Å²) in [6.45, 7) is 0. The average Bonchev–Trinajstić information content (AvgIpc) is 3.31. The summed E-state index contributed by atoms with van der Waals surface area (Å²) in [6.07, 6.45) is 1.37. The van der Waals surface area contributed by atoms with E-state index in [1.54, 1.807) is 12.1 Å². The van der Waals surface area contributed by atoms with Crippen molar-refractivity contribution < 1.29 is 29.3 Å². The lowest BCUT2D eigenvalue weighted by Crippen LogP contribution is -2.54. The highest BCUT2D eigenvalue weighted by atomic mass is 16.6. The molecule has 2 atom stereocenters. The Bertz CT molecular complexity index is 1980. The van der Waals surface area contributed by atoms with Gasteiger partial charge in [-0.25, -0.2) is 10.3 Å². The molecule has 3 aliphatic carbocycles. The Morgan fingerprint density at radius 1 is 0.867 bits per heavy atom. The minimum Gasteiger partial charge on any atom is -0.507 e. The van der Waals surface area contributed by atoms with Gasteiger partial charge in [0.2, 0.25) is 11.8 Å². The van der Waals surface area contributed by atoms with Crippen LogP contribution in [0.4, 0.5) is 17.1 Å². The third-order valence-electron chi connectivity index (χ3n) is 8.87. The van der Waals surface area contributed by atoms with Crippen molar-refractivity contribution in [3.63, 3.8) is 0 Å². The number of benzene rings is 4. The number of rotatable bonds is 6. The lowest BCUT2D eigenvalue weighted by molar-refractivity contribution is -0.384. The number of hydrazone groups is 1. The molecule has 13 nitrogen and oxygen atoms in total. The summed E-state index contributed by atoms with van der Waals surface area (Å²) in [6, 6.07) is 23.1. The number of hydrogen-bond acceptors (Lipinski definition) is 9. The second kappa shape index (κ2) is 9.91. The van der Waals surface area contributed by atoms with E-state index in [0.29, 0.717) is 11.1 Å². The maximum atomic E-state index is 14.4. The number of amides is 3. The number of carbonyl (C=O) groups excluding carboxylic acids is 3. The maximum absolute atomic E-state index is 14.4. The van der Waals surface area contributed by atoms with Gasteiger partial charge in [0.05, 0.1) is 32.7 Å². The van der Waals surface area contributed by atoms with Crippen LogP contribution in [0.3, 0.4) is 0 Å². The van der Waals surface area contributed by atoms with Gasteiger partial charge in [0, 0.05) is 30.3 Å². The quantitative estimate of drug-likeness (QED) is 0.142. The number of nitro groups is 2. The van der Waals surface area contributed by atoms with E-state index in [2.05, 4.69) is 10.5 Å². The van der Waals surface area contributed by atoms with Gasteiger partial charge in [-0.1, -0.05) is 60.7 Å². The van der Waals surface area contributed by atoms with E-state index in [-0.39, 0.29) is 11.3 Å². The van der Waals surface area contributed by atoms with Crippen molar-refractivity contribution in [2.24, 2.45) is 16.9 Å². The van der Waals surface area contributed by atoms with Crippen molar-refractivity contribution in [2.75, 3.05) is 4.90 Å². The zero-order valence-electron chi connectivity index (χ0n) is 23.1. The first-order valence-electron chi connectivity index (χ1n) is 13.8. The molecule has 4 aromatic carbocycles. The number of aromatic hydroxyl groups is 1. The number of imide groups is 1. The fraction of sp³-hybridized carbons (Fsp3) is 0.125. The van der Waals surface area contributed by atoms with Gasteiger partial charge in [-0.3, -0.25) is 34.6 Å². The van der Waals surface area contributed by atoms with Crippen molar-refractivity contribution in [3.05, 3.63) is 139 Å². The Morgan fingerprint density at radius 2 is 1.49 bits per heavy atom. The largest absolute Gasteiger partial charge is 0.507 e. The Kier molecular flexibility index (Phi) is 6.07. The molecule has 1 heterocycles. The van der Waals surface area contributed by atoms with Crippen LogP contribution < -0.4 is 10.3 Å². The number of phenolic OH excluding ortho intramolecular Hbond substituents is 1. The van der Waals surface area contributed by atoms with Crippen molar-refractivity contribution in [1.29, 1.82) is 0 Å². The number of nitrogens with one attached hydrogen (secondary N) is 1. The fourth-order valence-electron chi connectivity index (χ4n) is 7.17. The Hall–Kier alpha value is -6.24. The zero-order valence-corrected chi connectivity index (χ0v) is 23.1. The number of anilines is 1. The summed E-state index contributed by atoms with van der Waals surface area (Å²) in [5.74, 6) is -5.23. The van der Waals surface area contributed by atoms with E-state index in [1.807, 2.05) is 36.4 Å². The molecule has 1 fully saturated rings. The van der Waals surface area contributed by atoms with Crippen LogP contribution in [0.2, 0.25) is 0 Å². The summed E-state index contributed by atoms with van der Waals surface area (Å²) in [5, 5.41) is 37.6. The molecule has 222 valence electrons. The monoisotopic (exact) mass is 603 g/mol. The third-order valence-corrected chi connectivity index (χ3v) is 8.87. The molecule has 0 unspecified atom stereocenters. The molecule has 8 rings (SSSR count). The van der Waals surface area contributed by atoms with Gasteiger partial charge in [0.15, 0.2) is 0 Å². The highest BCUT2D eigenvalue weighted by molar-refractivity contribution is 6.25. The van der Waals surface area contributed by atoms with E-state index < -0.39 is 67.9 Å². The Labute approximate surface area is 253 Å². The van der Waals surface area contributed by atoms with Crippen molar-refractivity contribution in [1.82, 2.24) is 5.43 Å². The van der Waals surface area contributed by atoms with Crippen LogP contribution in [0, 0.1) is 32.1 Å². The topological polar surface area (TPSA) is 185 Å². The molecular formula is C32H21N5O8. The van der Waals surface area contributed by atoms with Gasteiger partial charge < -0.3 is 5.11 Å². The van der Waals surface area contributed by atoms with Crippen LogP contribution >= 0.6 is 0 Å². The molecule has 4 aliphatic rings. The first-order chi connectivity index (χ1) is 21.7. The maximum Gasteiger partial charge on any atom is 0.293 e. The molecule has 2 N–H and O–H groups in total. The summed E-state index contributed by atoms with van der Waals surface area (Å²) >= 11 is 0. The second-order valence-corrected chi connectivity index (χ2v) is 10.9. The predicted octanol–water partition coefficient (Wildman–Crippen LogP) is 4.18. The number of hydrogen-bond donors (Lipinski definition) is 2. The smallest absolute Gasteiger partial charge is 0.293 e. The number of nitrogens with zero attached hydrogens (tertiary/aromatic N) is 4. The number of carbonyl (C=O) groups is 3. The molecule has 2 bridgehead atoms. The summed E-state index contributed by atoms with van der Waals surface area (Å²) in [7, 11) is 0. The van der Waals surface area contributed by atoms with Gasteiger partial charge in [0.25, 0.3) is 17.3 Å². The molecule has 3 amide bonds. The van der Waals surface area contributed by atoms with Crippen LogP contribution in [-0.2, 0) is 15.0 Å². The van der Waals surface area contributed by atoms with Gasteiger partial charge in [0.1, 0.15) is 11.4 Å². The lowest BCUT2D eigenvalue weighted by atomic mass is 9.47. The minimum atomic E-state index is -1.39. The van der Waals surface area contributed by atoms with Gasteiger partial charge in [-0.15, -0.1) is 0 Å². The Balaban J connectivity index is 1.39. The fourth-order valence-corrected chi connectivity index (χ4v) is 7.17. The van der Waals surface area contributed by atoms with Crippen LogP contribution in [0.1, 0.15) is 38.5 Å². The normalized spacial score (nSPS) is 22.6. The average molecular weight is 604 g/mol. The highest BCUT2D eigenvalue weighted by Gasteiger charge is 2.68. The van der Waals surface area contributed by atoms with Crippen LogP contribution in [0.25, 0.3) is 0 Å². The van der Waals surface area contributed by atoms with E-state index >= 15 is 0 Å². The number of para-hydroxylation sites is 2. The molecule has 1 saturated heterocycles. The van der Waals surface area contributed by atoms with E-state index in [4.69, 9.17) is 0 Å². The summed E-state index contributed by atoms with van der Waals surface area (Å²) in [5.41, 5.74) is 2.49. The number of non-ortho nitro benzene ring substituents is 1. The van der Waals surface area contributed by atoms with Crippen molar-refractivity contribution in [2.45, 2.75) is 11.3 Å². The van der Waals surface area contributed by atoms with Crippen molar-refractivity contribution >= 4 is 41.0 Å². The summed E-state index contributed by atoms with van der Waals surface area (Å²) in [4.78, 5) is 64.4. The van der Waals surface area contributed by atoms with E-state index in [9.17, 15) is 39.7 Å². The molecule has 0 aromatic heterocycles. The van der Waals surface area contributed by atoms with Crippen molar-refractivity contribution in [3.8, 4) is 5.75 Å². The van der Waals surface area contributed by atoms with Gasteiger partial charge in [-0.05, 0) is 34.4 Å². The van der Waals surface area contributed by atoms with E-state index in [1.165, 1.54) is 30.5 Å². The third kappa shape index (κ3) is 3.80. The standard InChI is InChI=1S/C32H21N5O8/c38-25-14-13-17(36(42)43)15-20(25)29(39)34-33-16-32-21-9-3-1-7-18(21)26(19-8-2-4-10-22(19)32)27-28(32)31(41)35(30(27)40)23-11-5-6-12-24(23)37(44)45/h1-16,26-28,38H,(H,34,39)/b33-16-/t26?,27-,28-,32?/m1/s1. The Morgan fingerprint density at radius 3 is 2.13 bits per heavy atom. The molecular weight excluding hydrogens is 582 g/mol. The highest BCUT2D eigenvalue weighted by Crippen LogP contribution is 2.63. The van der Waals surface area contributed by atoms with Crippen LogP contribution in [0.15, 0.2) is 96.1 Å².